The standard InChI is InChI=1S/C21H23N3OS2/c1-16-6-2-3-7-17(16)15-23-9-5-10-24(12-11-23)21(25)19-14-22-20(27-19)18-8-4-13-26-18/h2-4,6-8,13-14H,5,9-12,15H2,1H3. The van der Waals surface area contributed by atoms with Gasteiger partial charge in [0.2, 0.25) is 0 Å². The van der Waals surface area contributed by atoms with E-state index in [-0.39, 0.29) is 5.91 Å². The maximum Gasteiger partial charge on any atom is 0.265 e. The van der Waals surface area contributed by atoms with Gasteiger partial charge in [-0.15, -0.1) is 22.7 Å². The summed E-state index contributed by atoms with van der Waals surface area (Å²) in [7, 11) is 0. The number of thiophene rings is 1. The second-order valence-corrected chi connectivity index (χ2v) is 8.83. The smallest absolute Gasteiger partial charge is 0.265 e. The number of carbonyl (C=O) groups excluding carboxylic acids is 1. The lowest BCUT2D eigenvalue weighted by atomic mass is 10.1. The Morgan fingerprint density at radius 1 is 1.11 bits per heavy atom. The van der Waals surface area contributed by atoms with E-state index in [9.17, 15) is 4.79 Å². The van der Waals surface area contributed by atoms with Crippen LogP contribution in [0.3, 0.4) is 0 Å². The van der Waals surface area contributed by atoms with Gasteiger partial charge in [0.1, 0.15) is 9.88 Å². The molecule has 0 bridgehead atoms. The summed E-state index contributed by atoms with van der Waals surface area (Å²) < 4.78 is 0. The summed E-state index contributed by atoms with van der Waals surface area (Å²) >= 11 is 3.16. The van der Waals surface area contributed by atoms with Crippen LogP contribution in [0.25, 0.3) is 9.88 Å². The van der Waals surface area contributed by atoms with Crippen molar-refractivity contribution >= 4 is 28.6 Å². The first-order valence-electron chi connectivity index (χ1n) is 9.26. The van der Waals surface area contributed by atoms with Crippen LogP contribution in [-0.2, 0) is 6.54 Å². The van der Waals surface area contributed by atoms with Crippen LogP contribution in [0.15, 0.2) is 48.0 Å². The molecule has 6 heteroatoms. The first-order chi connectivity index (χ1) is 13.2. The number of amides is 1. The van der Waals surface area contributed by atoms with Gasteiger partial charge < -0.3 is 4.90 Å². The Bertz CT molecular complexity index is 904. The van der Waals surface area contributed by atoms with Gasteiger partial charge in [0.05, 0.1) is 11.1 Å². The van der Waals surface area contributed by atoms with E-state index in [1.807, 2.05) is 22.4 Å². The molecule has 0 saturated carbocycles. The maximum atomic E-state index is 12.9. The zero-order valence-corrected chi connectivity index (χ0v) is 17.1. The van der Waals surface area contributed by atoms with Crippen molar-refractivity contribution in [2.24, 2.45) is 0 Å². The molecule has 3 aromatic rings. The van der Waals surface area contributed by atoms with Gasteiger partial charge in [-0.1, -0.05) is 30.3 Å². The predicted molar refractivity (Wildman–Crippen MR) is 112 cm³/mol. The second-order valence-electron chi connectivity index (χ2n) is 6.86. The molecular weight excluding hydrogens is 374 g/mol. The quantitative estimate of drug-likeness (QED) is 0.649. The Hall–Kier alpha value is -2.02. The van der Waals surface area contributed by atoms with Crippen molar-refractivity contribution in [2.45, 2.75) is 19.9 Å². The highest BCUT2D eigenvalue weighted by Crippen LogP contribution is 2.29. The molecule has 0 radical (unpaired) electrons. The van der Waals surface area contributed by atoms with Gasteiger partial charge in [0.15, 0.2) is 0 Å². The minimum Gasteiger partial charge on any atom is -0.337 e. The fraction of sp³-hybridized carbons (Fsp3) is 0.333. The lowest BCUT2D eigenvalue weighted by molar-refractivity contribution is 0.0765. The van der Waals surface area contributed by atoms with Crippen molar-refractivity contribution in [1.82, 2.24) is 14.8 Å². The van der Waals surface area contributed by atoms with E-state index in [0.29, 0.717) is 0 Å². The van der Waals surface area contributed by atoms with Crippen LogP contribution in [0.5, 0.6) is 0 Å². The average molecular weight is 398 g/mol. The molecule has 0 spiro atoms. The summed E-state index contributed by atoms with van der Waals surface area (Å²) in [5, 5.41) is 2.97. The van der Waals surface area contributed by atoms with Crippen molar-refractivity contribution in [3.05, 3.63) is 64.0 Å². The summed E-state index contributed by atoms with van der Waals surface area (Å²) in [6.45, 7) is 6.65. The highest BCUT2D eigenvalue weighted by atomic mass is 32.1. The number of thiazole rings is 1. The van der Waals surface area contributed by atoms with E-state index >= 15 is 0 Å². The summed E-state index contributed by atoms with van der Waals surface area (Å²) in [4.78, 5) is 23.7. The summed E-state index contributed by atoms with van der Waals surface area (Å²) in [6, 6.07) is 12.6. The minimum absolute atomic E-state index is 0.119. The number of aromatic nitrogens is 1. The maximum absolute atomic E-state index is 12.9. The monoisotopic (exact) mass is 397 g/mol. The SMILES string of the molecule is Cc1ccccc1CN1CCCN(C(=O)c2cnc(-c3cccs3)s2)CC1. The molecule has 1 amide bonds. The molecule has 4 rings (SSSR count). The molecule has 0 N–H and O–H groups in total. The van der Waals surface area contributed by atoms with Crippen LogP contribution in [0.4, 0.5) is 0 Å². The van der Waals surface area contributed by atoms with Crippen molar-refractivity contribution in [3.63, 3.8) is 0 Å². The number of hydrogen-bond acceptors (Lipinski definition) is 5. The Morgan fingerprint density at radius 3 is 2.81 bits per heavy atom. The molecule has 0 unspecified atom stereocenters. The van der Waals surface area contributed by atoms with E-state index in [4.69, 9.17) is 0 Å². The van der Waals surface area contributed by atoms with E-state index in [0.717, 1.165) is 53.9 Å². The zero-order valence-electron chi connectivity index (χ0n) is 15.4. The molecular formula is C21H23N3OS2. The zero-order chi connectivity index (χ0) is 18.6. The minimum atomic E-state index is 0.119. The lowest BCUT2D eigenvalue weighted by Gasteiger charge is -2.22. The summed E-state index contributed by atoms with van der Waals surface area (Å²) in [6.07, 6.45) is 2.74. The van der Waals surface area contributed by atoms with E-state index in [1.54, 1.807) is 17.5 Å². The molecule has 0 atom stereocenters. The molecule has 1 aliphatic heterocycles. The molecule has 1 aliphatic rings. The number of nitrogens with zero attached hydrogens (tertiary/aromatic N) is 3. The molecule has 1 saturated heterocycles. The number of aryl methyl sites for hydroxylation is 1. The third-order valence-electron chi connectivity index (χ3n) is 4.98. The molecule has 2 aromatic heterocycles. The van der Waals surface area contributed by atoms with Gasteiger partial charge in [-0.05, 0) is 35.9 Å². The van der Waals surface area contributed by atoms with Crippen molar-refractivity contribution < 1.29 is 4.79 Å². The lowest BCUT2D eigenvalue weighted by Crippen LogP contribution is -2.34. The first-order valence-corrected chi connectivity index (χ1v) is 11.0. The van der Waals surface area contributed by atoms with Crippen LogP contribution in [0.2, 0.25) is 0 Å². The topological polar surface area (TPSA) is 36.4 Å². The molecule has 1 fully saturated rings. The Kier molecular flexibility index (Phi) is 5.66. The third-order valence-corrected chi connectivity index (χ3v) is 7.00. The highest BCUT2D eigenvalue weighted by molar-refractivity contribution is 7.21. The Balaban J connectivity index is 1.39. The average Bonchev–Trinajstić information content (AvgIpc) is 3.32. The van der Waals surface area contributed by atoms with Crippen LogP contribution in [0.1, 0.15) is 27.2 Å². The summed E-state index contributed by atoms with van der Waals surface area (Å²) in [5.41, 5.74) is 2.71. The highest BCUT2D eigenvalue weighted by Gasteiger charge is 2.22. The van der Waals surface area contributed by atoms with Crippen molar-refractivity contribution in [1.29, 1.82) is 0 Å². The largest absolute Gasteiger partial charge is 0.337 e. The van der Waals surface area contributed by atoms with Crippen LogP contribution < -0.4 is 0 Å². The molecule has 3 heterocycles. The predicted octanol–water partition coefficient (Wildman–Crippen LogP) is 4.53. The number of carbonyl (C=O) groups is 1. The van der Waals surface area contributed by atoms with Gasteiger partial charge in [-0.3, -0.25) is 9.69 Å². The molecule has 1 aromatic carbocycles. The fourth-order valence-electron chi connectivity index (χ4n) is 3.40. The van der Waals surface area contributed by atoms with Gasteiger partial charge in [0.25, 0.3) is 5.91 Å². The van der Waals surface area contributed by atoms with Crippen LogP contribution in [0, 0.1) is 6.92 Å². The molecule has 140 valence electrons. The van der Waals surface area contributed by atoms with Gasteiger partial charge in [-0.25, -0.2) is 4.98 Å². The molecule has 0 aliphatic carbocycles. The van der Waals surface area contributed by atoms with Crippen molar-refractivity contribution in [2.75, 3.05) is 26.2 Å². The van der Waals surface area contributed by atoms with Crippen LogP contribution >= 0.6 is 22.7 Å². The molecule has 4 nitrogen and oxygen atoms in total. The Labute approximate surface area is 168 Å². The number of benzene rings is 1. The first kappa shape index (κ1) is 18.3. The van der Waals surface area contributed by atoms with Crippen LogP contribution in [-0.4, -0.2) is 46.9 Å². The summed E-state index contributed by atoms with van der Waals surface area (Å²) in [5.74, 6) is 0.119. The van der Waals surface area contributed by atoms with E-state index < -0.39 is 0 Å². The second kappa shape index (κ2) is 8.33. The molecule has 27 heavy (non-hydrogen) atoms. The van der Waals surface area contributed by atoms with Crippen molar-refractivity contribution in [3.8, 4) is 9.88 Å². The van der Waals surface area contributed by atoms with E-state index in [2.05, 4.69) is 41.1 Å². The third kappa shape index (κ3) is 4.29. The Morgan fingerprint density at radius 2 is 2.00 bits per heavy atom. The van der Waals surface area contributed by atoms with Gasteiger partial charge in [-0.2, -0.15) is 0 Å². The number of rotatable bonds is 4. The normalized spacial score (nSPS) is 15.7. The fourth-order valence-corrected chi connectivity index (χ4v) is 5.09. The van der Waals surface area contributed by atoms with Gasteiger partial charge in [0, 0.05) is 32.7 Å². The number of hydrogen-bond donors (Lipinski definition) is 0. The van der Waals surface area contributed by atoms with Gasteiger partial charge >= 0.3 is 0 Å². The van der Waals surface area contributed by atoms with E-state index in [1.165, 1.54) is 22.5 Å².